The smallest absolute Gasteiger partial charge is 0.160 e. The van der Waals surface area contributed by atoms with Gasteiger partial charge in [-0.15, -0.1) is 11.3 Å². The van der Waals surface area contributed by atoms with Crippen LogP contribution in [0, 0.1) is 0 Å². The number of sulfone groups is 1. The number of hydrogen-bond acceptors (Lipinski definition) is 4. The van der Waals surface area contributed by atoms with Gasteiger partial charge in [0.1, 0.15) is 9.84 Å². The second kappa shape index (κ2) is 5.86. The number of benzene rings is 1. The number of fused-ring (bicyclic) bond motifs is 1. The topological polar surface area (TPSA) is 67.0 Å². The Morgan fingerprint density at radius 3 is 2.62 bits per heavy atom. The fraction of sp³-hybridized carbons (Fsp3) is 0.278. The Hall–Kier alpha value is -1.92. The summed E-state index contributed by atoms with van der Waals surface area (Å²) in [6.45, 7) is 0. The summed E-state index contributed by atoms with van der Waals surface area (Å²) in [5.41, 5.74) is 4.39. The number of carbonyl (C=O) groups is 1. The molecular weight excluding hydrogens is 342 g/mol. The van der Waals surface area contributed by atoms with E-state index in [-0.39, 0.29) is 17.4 Å². The third kappa shape index (κ3) is 2.80. The summed E-state index contributed by atoms with van der Waals surface area (Å²) in [5, 5.41) is 3.14. The van der Waals surface area contributed by atoms with E-state index >= 15 is 0 Å². The highest BCUT2D eigenvalue weighted by Gasteiger charge is 2.26. The van der Waals surface area contributed by atoms with Gasteiger partial charge in [0.05, 0.1) is 16.4 Å². The van der Waals surface area contributed by atoms with Crippen molar-refractivity contribution in [3.05, 3.63) is 46.3 Å². The maximum Gasteiger partial charge on any atom is 0.160 e. The Labute approximate surface area is 144 Å². The average Bonchev–Trinajstić information content (AvgIpc) is 3.21. The summed E-state index contributed by atoms with van der Waals surface area (Å²) >= 11 is 1.44. The van der Waals surface area contributed by atoms with E-state index in [1.165, 1.54) is 16.9 Å². The number of hydrogen-bond donors (Lipinski definition) is 1. The molecule has 4 nitrogen and oxygen atoms in total. The Morgan fingerprint density at radius 2 is 1.92 bits per heavy atom. The Morgan fingerprint density at radius 1 is 1.12 bits per heavy atom. The van der Waals surface area contributed by atoms with Crippen LogP contribution in [0.1, 0.15) is 34.0 Å². The number of aromatic nitrogens is 1. The second-order valence-electron chi connectivity index (χ2n) is 6.29. The van der Waals surface area contributed by atoms with Crippen LogP contribution >= 0.6 is 11.3 Å². The SMILES string of the molecule is O=Cc1cc(-c2ccc3[nH]cc(C4CCS(=O)(=O)CC4)c3c2)cs1. The molecule has 0 spiro atoms. The van der Waals surface area contributed by atoms with Crippen molar-refractivity contribution in [2.45, 2.75) is 18.8 Å². The van der Waals surface area contributed by atoms with Gasteiger partial charge in [0.15, 0.2) is 6.29 Å². The van der Waals surface area contributed by atoms with Crippen LogP contribution in [-0.4, -0.2) is 31.2 Å². The molecule has 3 heterocycles. The molecule has 3 aromatic rings. The van der Waals surface area contributed by atoms with Crippen molar-refractivity contribution < 1.29 is 13.2 Å². The summed E-state index contributed by atoms with van der Waals surface area (Å²) in [6.07, 6.45) is 4.26. The molecule has 1 saturated heterocycles. The summed E-state index contributed by atoms with van der Waals surface area (Å²) < 4.78 is 23.3. The number of rotatable bonds is 3. The highest BCUT2D eigenvalue weighted by atomic mass is 32.2. The molecule has 1 aliphatic rings. The molecule has 0 aliphatic carbocycles. The maximum atomic E-state index is 11.7. The molecule has 2 aromatic heterocycles. The van der Waals surface area contributed by atoms with Crippen LogP contribution in [0.2, 0.25) is 0 Å². The summed E-state index contributed by atoms with van der Waals surface area (Å²) in [6, 6.07) is 8.13. The molecule has 1 N–H and O–H groups in total. The van der Waals surface area contributed by atoms with Crippen molar-refractivity contribution in [3.63, 3.8) is 0 Å². The van der Waals surface area contributed by atoms with E-state index in [1.807, 2.05) is 29.8 Å². The first-order chi connectivity index (χ1) is 11.6. The van der Waals surface area contributed by atoms with Gasteiger partial charge in [0, 0.05) is 17.1 Å². The number of H-pyrrole nitrogens is 1. The van der Waals surface area contributed by atoms with Crippen LogP contribution in [0.4, 0.5) is 0 Å². The van der Waals surface area contributed by atoms with Gasteiger partial charge in [0.2, 0.25) is 0 Å². The lowest BCUT2D eigenvalue weighted by atomic mass is 9.92. The van der Waals surface area contributed by atoms with Gasteiger partial charge < -0.3 is 4.98 Å². The molecule has 0 radical (unpaired) electrons. The van der Waals surface area contributed by atoms with Crippen molar-refractivity contribution in [1.82, 2.24) is 4.98 Å². The van der Waals surface area contributed by atoms with Gasteiger partial charge in [-0.05, 0) is 59.0 Å². The number of nitrogens with one attached hydrogen (secondary N) is 1. The van der Waals surface area contributed by atoms with Crippen molar-refractivity contribution in [1.29, 1.82) is 0 Å². The standard InChI is InChI=1S/C18H17NO3S2/c20-10-15-7-14(11-23-15)13-1-2-18-16(8-13)17(9-19-18)12-3-5-24(21,22)6-4-12/h1-2,7-12,19H,3-6H2. The highest BCUT2D eigenvalue weighted by molar-refractivity contribution is 7.91. The largest absolute Gasteiger partial charge is 0.361 e. The fourth-order valence-electron chi connectivity index (χ4n) is 3.43. The maximum absolute atomic E-state index is 11.7. The summed E-state index contributed by atoms with van der Waals surface area (Å²) in [4.78, 5) is 14.9. The normalized spacial score (nSPS) is 18.0. The lowest BCUT2D eigenvalue weighted by Crippen LogP contribution is -2.21. The third-order valence-corrected chi connectivity index (χ3v) is 7.35. The van der Waals surface area contributed by atoms with Crippen LogP contribution < -0.4 is 0 Å². The lowest BCUT2D eigenvalue weighted by molar-refractivity contribution is 0.112. The van der Waals surface area contributed by atoms with E-state index in [2.05, 4.69) is 11.1 Å². The van der Waals surface area contributed by atoms with Crippen molar-refractivity contribution in [2.24, 2.45) is 0 Å². The number of thiophene rings is 1. The van der Waals surface area contributed by atoms with Gasteiger partial charge in [-0.1, -0.05) is 6.07 Å². The number of aromatic amines is 1. The van der Waals surface area contributed by atoms with Gasteiger partial charge >= 0.3 is 0 Å². The molecule has 6 heteroatoms. The quantitative estimate of drug-likeness (QED) is 0.719. The molecular formula is C18H17NO3S2. The molecule has 0 unspecified atom stereocenters. The van der Waals surface area contributed by atoms with E-state index < -0.39 is 9.84 Å². The molecule has 0 bridgehead atoms. The number of aldehydes is 1. The van der Waals surface area contributed by atoms with Crippen LogP contribution in [0.5, 0.6) is 0 Å². The monoisotopic (exact) mass is 359 g/mol. The minimum Gasteiger partial charge on any atom is -0.361 e. The van der Waals surface area contributed by atoms with Crippen LogP contribution in [0.25, 0.3) is 22.0 Å². The molecule has 0 atom stereocenters. The van der Waals surface area contributed by atoms with E-state index in [4.69, 9.17) is 0 Å². The first-order valence-electron chi connectivity index (χ1n) is 7.91. The molecule has 4 rings (SSSR count). The summed E-state index contributed by atoms with van der Waals surface area (Å²) in [7, 11) is -2.85. The molecule has 1 fully saturated rings. The molecule has 1 aromatic carbocycles. The minimum atomic E-state index is -2.85. The Balaban J connectivity index is 1.72. The van der Waals surface area contributed by atoms with E-state index in [1.54, 1.807) is 0 Å². The Bertz CT molecular complexity index is 1000. The van der Waals surface area contributed by atoms with Gasteiger partial charge in [-0.25, -0.2) is 8.42 Å². The average molecular weight is 359 g/mol. The molecule has 24 heavy (non-hydrogen) atoms. The lowest BCUT2D eigenvalue weighted by Gasteiger charge is -2.21. The zero-order valence-corrected chi connectivity index (χ0v) is 14.6. The van der Waals surface area contributed by atoms with Gasteiger partial charge in [-0.3, -0.25) is 4.79 Å². The molecule has 124 valence electrons. The predicted octanol–water partition coefficient (Wildman–Crippen LogP) is 4.00. The zero-order chi connectivity index (χ0) is 16.7. The second-order valence-corrected chi connectivity index (χ2v) is 9.53. The van der Waals surface area contributed by atoms with Crippen molar-refractivity contribution in [2.75, 3.05) is 11.5 Å². The van der Waals surface area contributed by atoms with Gasteiger partial charge in [-0.2, -0.15) is 0 Å². The molecule has 0 saturated carbocycles. The van der Waals surface area contributed by atoms with Crippen LogP contribution in [0.15, 0.2) is 35.8 Å². The third-order valence-electron chi connectivity index (χ3n) is 4.78. The molecule has 1 aliphatic heterocycles. The highest BCUT2D eigenvalue weighted by Crippen LogP contribution is 2.36. The Kier molecular flexibility index (Phi) is 3.81. The van der Waals surface area contributed by atoms with Crippen molar-refractivity contribution in [3.8, 4) is 11.1 Å². The fourth-order valence-corrected chi connectivity index (χ4v) is 5.64. The first-order valence-corrected chi connectivity index (χ1v) is 10.6. The molecule has 0 amide bonds. The number of carbonyl (C=O) groups excluding carboxylic acids is 1. The predicted molar refractivity (Wildman–Crippen MR) is 97.6 cm³/mol. The first kappa shape index (κ1) is 15.6. The zero-order valence-electron chi connectivity index (χ0n) is 13.0. The van der Waals surface area contributed by atoms with E-state index in [9.17, 15) is 13.2 Å². The van der Waals surface area contributed by atoms with E-state index in [0.717, 1.165) is 33.2 Å². The minimum absolute atomic E-state index is 0.275. The van der Waals surface area contributed by atoms with Crippen LogP contribution in [-0.2, 0) is 9.84 Å². The van der Waals surface area contributed by atoms with Crippen LogP contribution in [0.3, 0.4) is 0 Å². The van der Waals surface area contributed by atoms with Gasteiger partial charge in [0.25, 0.3) is 0 Å². The summed E-state index contributed by atoms with van der Waals surface area (Å²) in [5.74, 6) is 0.833. The van der Waals surface area contributed by atoms with Crippen molar-refractivity contribution >= 4 is 38.4 Å². The van der Waals surface area contributed by atoms with E-state index in [0.29, 0.717) is 12.8 Å².